The molecule has 1 aromatic heterocycles. The average Bonchev–Trinajstić information content (AvgIpc) is 2.62. The molecule has 0 saturated heterocycles. The van der Waals surface area contributed by atoms with Gasteiger partial charge in [0.05, 0.1) is 12.5 Å². The molecule has 3 nitrogen and oxygen atoms in total. The Morgan fingerprint density at radius 2 is 2.24 bits per heavy atom. The zero-order chi connectivity index (χ0) is 12.4. The molecule has 2 rings (SSSR count). The lowest BCUT2D eigenvalue weighted by molar-refractivity contribution is 0.0985. The molecule has 88 valence electrons. The zero-order valence-electron chi connectivity index (χ0n) is 9.15. The molecule has 1 aromatic carbocycles. The maximum atomic E-state index is 13.1. The number of imidazole rings is 1. The van der Waals surface area contributed by atoms with Gasteiger partial charge in [0, 0.05) is 17.9 Å². The van der Waals surface area contributed by atoms with Gasteiger partial charge in [-0.1, -0.05) is 15.9 Å². The summed E-state index contributed by atoms with van der Waals surface area (Å²) in [5.74, 6) is -0.435. The van der Waals surface area contributed by atoms with Gasteiger partial charge in [-0.2, -0.15) is 0 Å². The fourth-order valence-corrected chi connectivity index (χ4v) is 2.13. The maximum absolute atomic E-state index is 13.1. The third kappa shape index (κ3) is 2.79. The Hall–Kier alpha value is -1.49. The molecule has 0 radical (unpaired) electrons. The number of ketones is 1. The van der Waals surface area contributed by atoms with Crippen LogP contribution in [0.4, 0.5) is 4.39 Å². The Morgan fingerprint density at radius 3 is 2.82 bits per heavy atom. The highest BCUT2D eigenvalue weighted by Gasteiger charge is 2.11. The minimum Gasteiger partial charge on any atom is -0.331 e. The molecule has 5 heteroatoms. The second-order valence-electron chi connectivity index (χ2n) is 3.77. The number of aromatic nitrogens is 2. The number of halogens is 2. The minimum atomic E-state index is -0.354. The standard InChI is InChI=1S/C12H10BrFN2O/c1-16-7-15-6-11(16)12(17)4-8-2-9(13)5-10(14)3-8/h2-3,5-7H,4H2,1H3. The summed E-state index contributed by atoms with van der Waals surface area (Å²) >= 11 is 3.20. The minimum absolute atomic E-state index is 0.0810. The lowest BCUT2D eigenvalue weighted by Gasteiger charge is -2.03. The van der Waals surface area contributed by atoms with Crippen LogP contribution < -0.4 is 0 Å². The predicted octanol–water partition coefficient (Wildman–Crippen LogP) is 2.75. The summed E-state index contributed by atoms with van der Waals surface area (Å²) in [6.45, 7) is 0. The van der Waals surface area contributed by atoms with Gasteiger partial charge in [0.1, 0.15) is 11.5 Å². The van der Waals surface area contributed by atoms with Gasteiger partial charge in [-0.3, -0.25) is 4.79 Å². The van der Waals surface area contributed by atoms with Gasteiger partial charge in [-0.15, -0.1) is 0 Å². The molecule has 0 bridgehead atoms. The molecular weight excluding hydrogens is 287 g/mol. The van der Waals surface area contributed by atoms with Crippen molar-refractivity contribution in [2.24, 2.45) is 7.05 Å². The molecule has 17 heavy (non-hydrogen) atoms. The van der Waals surface area contributed by atoms with Crippen LogP contribution in [0.1, 0.15) is 16.1 Å². The number of carbonyl (C=O) groups is 1. The lowest BCUT2D eigenvalue weighted by atomic mass is 10.1. The highest BCUT2D eigenvalue weighted by Crippen LogP contribution is 2.16. The molecule has 1 heterocycles. The largest absolute Gasteiger partial charge is 0.331 e. The van der Waals surface area contributed by atoms with E-state index in [0.29, 0.717) is 15.7 Å². The Bertz CT molecular complexity index is 545. The number of benzene rings is 1. The Labute approximate surface area is 106 Å². The van der Waals surface area contributed by atoms with E-state index < -0.39 is 0 Å². The molecular formula is C12H10BrFN2O. The highest BCUT2D eigenvalue weighted by atomic mass is 79.9. The van der Waals surface area contributed by atoms with E-state index in [1.165, 1.54) is 18.3 Å². The Kier molecular flexibility index (Phi) is 3.38. The van der Waals surface area contributed by atoms with Crippen molar-refractivity contribution in [3.63, 3.8) is 0 Å². The summed E-state index contributed by atoms with van der Waals surface area (Å²) in [5.41, 5.74) is 1.16. The van der Waals surface area contributed by atoms with Gasteiger partial charge in [0.2, 0.25) is 0 Å². The quantitative estimate of drug-likeness (QED) is 0.817. The van der Waals surface area contributed by atoms with Gasteiger partial charge < -0.3 is 4.57 Å². The molecule has 0 N–H and O–H groups in total. The molecule has 0 amide bonds. The molecule has 0 aliphatic heterocycles. The van der Waals surface area contributed by atoms with Crippen LogP contribution >= 0.6 is 15.9 Å². The molecule has 0 fully saturated rings. The smallest absolute Gasteiger partial charge is 0.185 e. The van der Waals surface area contributed by atoms with Gasteiger partial charge >= 0.3 is 0 Å². The fraction of sp³-hybridized carbons (Fsp3) is 0.167. The summed E-state index contributed by atoms with van der Waals surface area (Å²) in [6, 6.07) is 4.45. The average molecular weight is 297 g/mol. The molecule has 0 unspecified atom stereocenters. The van der Waals surface area contributed by atoms with Crippen LogP contribution in [0.15, 0.2) is 35.2 Å². The first kappa shape index (κ1) is 12.0. The van der Waals surface area contributed by atoms with Crippen LogP contribution in [0.3, 0.4) is 0 Å². The van der Waals surface area contributed by atoms with Crippen molar-refractivity contribution in [2.75, 3.05) is 0 Å². The number of hydrogen-bond donors (Lipinski definition) is 0. The summed E-state index contributed by atoms with van der Waals surface area (Å²) < 4.78 is 15.4. The van der Waals surface area contributed by atoms with Crippen LogP contribution in [0.5, 0.6) is 0 Å². The molecule has 0 spiro atoms. The van der Waals surface area contributed by atoms with Gasteiger partial charge in [-0.05, 0) is 23.8 Å². The number of nitrogens with zero attached hydrogens (tertiary/aromatic N) is 2. The van der Waals surface area contributed by atoms with E-state index in [1.54, 1.807) is 24.0 Å². The summed E-state index contributed by atoms with van der Waals surface area (Å²) in [4.78, 5) is 15.8. The number of rotatable bonds is 3. The Balaban J connectivity index is 2.21. The van der Waals surface area contributed by atoms with Crippen LogP contribution in [-0.2, 0) is 13.5 Å². The van der Waals surface area contributed by atoms with E-state index in [4.69, 9.17) is 0 Å². The van der Waals surface area contributed by atoms with E-state index in [-0.39, 0.29) is 18.0 Å². The van der Waals surface area contributed by atoms with Crippen molar-refractivity contribution in [3.8, 4) is 0 Å². The van der Waals surface area contributed by atoms with Crippen molar-refractivity contribution >= 4 is 21.7 Å². The van der Waals surface area contributed by atoms with Gasteiger partial charge in [-0.25, -0.2) is 9.37 Å². The molecule has 0 aliphatic carbocycles. The van der Waals surface area contributed by atoms with Crippen molar-refractivity contribution < 1.29 is 9.18 Å². The number of Topliss-reactive ketones (excluding diaryl/α,β-unsaturated/α-hetero) is 1. The highest BCUT2D eigenvalue weighted by molar-refractivity contribution is 9.10. The topological polar surface area (TPSA) is 34.9 Å². The van der Waals surface area contributed by atoms with Crippen LogP contribution in [-0.4, -0.2) is 15.3 Å². The van der Waals surface area contributed by atoms with E-state index in [0.717, 1.165) is 0 Å². The fourth-order valence-electron chi connectivity index (χ4n) is 1.61. The monoisotopic (exact) mass is 296 g/mol. The SMILES string of the molecule is Cn1cncc1C(=O)Cc1cc(F)cc(Br)c1. The van der Waals surface area contributed by atoms with Gasteiger partial charge in [0.15, 0.2) is 5.78 Å². The number of aryl methyl sites for hydroxylation is 1. The predicted molar refractivity (Wildman–Crippen MR) is 65.3 cm³/mol. The van der Waals surface area contributed by atoms with Gasteiger partial charge in [0.25, 0.3) is 0 Å². The Morgan fingerprint density at radius 1 is 1.47 bits per heavy atom. The molecule has 0 atom stereocenters. The molecule has 2 aromatic rings. The van der Waals surface area contributed by atoms with E-state index in [1.807, 2.05) is 0 Å². The van der Waals surface area contributed by atoms with Crippen LogP contribution in [0.25, 0.3) is 0 Å². The first-order chi connectivity index (χ1) is 8.06. The lowest BCUT2D eigenvalue weighted by Crippen LogP contribution is -2.08. The van der Waals surface area contributed by atoms with Crippen molar-refractivity contribution in [1.82, 2.24) is 9.55 Å². The molecule has 0 aliphatic rings. The summed E-state index contributed by atoms with van der Waals surface area (Å²) in [6.07, 6.45) is 3.24. The second kappa shape index (κ2) is 4.79. The van der Waals surface area contributed by atoms with Crippen LogP contribution in [0.2, 0.25) is 0 Å². The maximum Gasteiger partial charge on any atom is 0.185 e. The van der Waals surface area contributed by atoms with Crippen molar-refractivity contribution in [2.45, 2.75) is 6.42 Å². The van der Waals surface area contributed by atoms with E-state index >= 15 is 0 Å². The first-order valence-electron chi connectivity index (χ1n) is 5.01. The second-order valence-corrected chi connectivity index (χ2v) is 4.68. The normalized spacial score (nSPS) is 10.5. The van der Waals surface area contributed by atoms with Crippen LogP contribution in [0, 0.1) is 5.82 Å². The van der Waals surface area contributed by atoms with Crippen molar-refractivity contribution in [3.05, 3.63) is 52.3 Å². The van der Waals surface area contributed by atoms with Crippen molar-refractivity contribution in [1.29, 1.82) is 0 Å². The molecule has 0 saturated carbocycles. The summed E-state index contributed by atoms with van der Waals surface area (Å²) in [7, 11) is 1.75. The zero-order valence-corrected chi connectivity index (χ0v) is 10.7. The number of carbonyl (C=O) groups excluding carboxylic acids is 1. The first-order valence-corrected chi connectivity index (χ1v) is 5.80. The summed E-state index contributed by atoms with van der Waals surface area (Å²) in [5, 5.41) is 0. The third-order valence-electron chi connectivity index (χ3n) is 2.39. The third-order valence-corrected chi connectivity index (χ3v) is 2.85. The van der Waals surface area contributed by atoms with E-state index in [2.05, 4.69) is 20.9 Å². The number of hydrogen-bond acceptors (Lipinski definition) is 2. The van der Waals surface area contributed by atoms with E-state index in [9.17, 15) is 9.18 Å².